The smallest absolute Gasteiger partial charge is 0.0490 e. The number of methoxy groups -OCH3 is 1. The summed E-state index contributed by atoms with van der Waals surface area (Å²) in [6.07, 6.45) is 9.78. The molecule has 3 aliphatic carbocycles. The molecule has 0 heterocycles. The first-order chi connectivity index (χ1) is 7.76. The van der Waals surface area contributed by atoms with Crippen molar-refractivity contribution in [2.75, 3.05) is 13.7 Å². The maximum Gasteiger partial charge on any atom is 0.0490 e. The maximum atomic E-state index is 6.55. The first-order valence-corrected chi connectivity index (χ1v) is 7.01. The molecule has 3 fully saturated rings. The minimum atomic E-state index is 0.505. The standard InChI is InChI=1S/C14H25NO/c1-16-9-10-3-2-6-14(8-10)12-5-4-11(7-12)13(14)15/h10-13H,2-9,15H2,1H3/t10-,11?,12?,13+,14+/m0/s1. The Bertz CT molecular complexity index is 261. The summed E-state index contributed by atoms with van der Waals surface area (Å²) in [4.78, 5) is 0. The van der Waals surface area contributed by atoms with Crippen molar-refractivity contribution in [3.63, 3.8) is 0 Å². The summed E-state index contributed by atoms with van der Waals surface area (Å²) in [7, 11) is 1.84. The molecule has 2 N–H and O–H groups in total. The van der Waals surface area contributed by atoms with E-state index in [2.05, 4.69) is 0 Å². The first-order valence-electron chi connectivity index (χ1n) is 7.01. The number of hydrogen-bond donors (Lipinski definition) is 1. The van der Waals surface area contributed by atoms with Crippen LogP contribution in [0.2, 0.25) is 0 Å². The van der Waals surface area contributed by atoms with E-state index in [1.54, 1.807) is 0 Å². The lowest BCUT2D eigenvalue weighted by molar-refractivity contribution is 0.0196. The third kappa shape index (κ3) is 1.46. The van der Waals surface area contributed by atoms with Gasteiger partial charge in [-0.15, -0.1) is 0 Å². The van der Waals surface area contributed by atoms with E-state index in [9.17, 15) is 0 Å². The second-order valence-corrected chi connectivity index (χ2v) is 6.45. The second kappa shape index (κ2) is 3.99. The van der Waals surface area contributed by atoms with E-state index in [0.717, 1.165) is 24.4 Å². The lowest BCUT2D eigenvalue weighted by Gasteiger charge is -2.47. The highest BCUT2D eigenvalue weighted by atomic mass is 16.5. The van der Waals surface area contributed by atoms with E-state index in [4.69, 9.17) is 10.5 Å². The van der Waals surface area contributed by atoms with Gasteiger partial charge in [0.15, 0.2) is 0 Å². The molecule has 5 atom stereocenters. The number of hydrogen-bond acceptors (Lipinski definition) is 2. The molecule has 0 aromatic rings. The molecule has 0 amide bonds. The molecule has 0 aliphatic heterocycles. The van der Waals surface area contributed by atoms with Crippen molar-refractivity contribution in [2.24, 2.45) is 28.9 Å². The van der Waals surface area contributed by atoms with Gasteiger partial charge in [-0.05, 0) is 61.7 Å². The largest absolute Gasteiger partial charge is 0.384 e. The van der Waals surface area contributed by atoms with Crippen LogP contribution in [0.3, 0.4) is 0 Å². The molecule has 92 valence electrons. The molecular formula is C14H25NO. The fourth-order valence-electron chi connectivity index (χ4n) is 5.12. The number of rotatable bonds is 2. The summed E-state index contributed by atoms with van der Waals surface area (Å²) >= 11 is 0. The van der Waals surface area contributed by atoms with Crippen molar-refractivity contribution in [3.8, 4) is 0 Å². The molecule has 2 heteroatoms. The lowest BCUT2D eigenvalue weighted by Crippen LogP contribution is -2.49. The Kier molecular flexibility index (Phi) is 2.75. The minimum absolute atomic E-state index is 0.505. The summed E-state index contributed by atoms with van der Waals surface area (Å²) < 4.78 is 5.36. The van der Waals surface area contributed by atoms with Crippen LogP contribution >= 0.6 is 0 Å². The van der Waals surface area contributed by atoms with Crippen LogP contribution in [0.25, 0.3) is 0 Å². The summed E-state index contributed by atoms with van der Waals surface area (Å²) in [5.74, 6) is 2.59. The fraction of sp³-hybridized carbons (Fsp3) is 1.00. The fourth-order valence-corrected chi connectivity index (χ4v) is 5.12. The van der Waals surface area contributed by atoms with Gasteiger partial charge < -0.3 is 10.5 Å². The van der Waals surface area contributed by atoms with Crippen molar-refractivity contribution < 1.29 is 4.74 Å². The predicted molar refractivity (Wildman–Crippen MR) is 65.1 cm³/mol. The molecule has 0 saturated heterocycles. The number of fused-ring (bicyclic) bond motifs is 3. The van der Waals surface area contributed by atoms with Crippen LogP contribution in [0.1, 0.15) is 44.9 Å². The topological polar surface area (TPSA) is 35.2 Å². The third-order valence-corrected chi connectivity index (χ3v) is 5.78. The highest BCUT2D eigenvalue weighted by Gasteiger charge is 2.57. The lowest BCUT2D eigenvalue weighted by atomic mass is 9.60. The van der Waals surface area contributed by atoms with Crippen molar-refractivity contribution in [1.82, 2.24) is 0 Å². The SMILES string of the molecule is COC[C@H]1CCC[C@@]2(C1)C1CCC(C1)[C@H]2N. The van der Waals surface area contributed by atoms with Crippen LogP contribution in [0.4, 0.5) is 0 Å². The van der Waals surface area contributed by atoms with Crippen molar-refractivity contribution >= 4 is 0 Å². The van der Waals surface area contributed by atoms with Crippen LogP contribution in [0, 0.1) is 23.2 Å². The Morgan fingerprint density at radius 1 is 1.31 bits per heavy atom. The van der Waals surface area contributed by atoms with Crippen LogP contribution in [0.5, 0.6) is 0 Å². The first kappa shape index (κ1) is 11.0. The van der Waals surface area contributed by atoms with E-state index in [-0.39, 0.29) is 0 Å². The minimum Gasteiger partial charge on any atom is -0.384 e. The van der Waals surface area contributed by atoms with Crippen molar-refractivity contribution in [2.45, 2.75) is 51.0 Å². The number of nitrogens with two attached hydrogens (primary N) is 1. The van der Waals surface area contributed by atoms with Gasteiger partial charge in [0.1, 0.15) is 0 Å². The van der Waals surface area contributed by atoms with Gasteiger partial charge >= 0.3 is 0 Å². The molecule has 3 saturated carbocycles. The average Bonchev–Trinajstić information content (AvgIpc) is 2.84. The van der Waals surface area contributed by atoms with Gasteiger partial charge in [0, 0.05) is 19.8 Å². The van der Waals surface area contributed by atoms with Crippen LogP contribution in [0.15, 0.2) is 0 Å². The van der Waals surface area contributed by atoms with Gasteiger partial charge in [0.2, 0.25) is 0 Å². The summed E-state index contributed by atoms with van der Waals surface area (Å²) in [5, 5.41) is 0. The van der Waals surface area contributed by atoms with E-state index in [1.807, 2.05) is 7.11 Å². The van der Waals surface area contributed by atoms with Crippen LogP contribution < -0.4 is 5.73 Å². The molecule has 16 heavy (non-hydrogen) atoms. The Morgan fingerprint density at radius 2 is 2.19 bits per heavy atom. The van der Waals surface area contributed by atoms with Crippen molar-refractivity contribution in [3.05, 3.63) is 0 Å². The van der Waals surface area contributed by atoms with E-state index in [1.165, 1.54) is 44.9 Å². The van der Waals surface area contributed by atoms with Gasteiger partial charge in [0.05, 0.1) is 0 Å². The molecule has 2 unspecified atom stereocenters. The zero-order valence-corrected chi connectivity index (χ0v) is 10.5. The van der Waals surface area contributed by atoms with Gasteiger partial charge in [0.25, 0.3) is 0 Å². The zero-order valence-electron chi connectivity index (χ0n) is 10.5. The molecule has 0 aromatic heterocycles. The molecular weight excluding hydrogens is 198 g/mol. The van der Waals surface area contributed by atoms with E-state index < -0.39 is 0 Å². The van der Waals surface area contributed by atoms with Gasteiger partial charge in [-0.3, -0.25) is 0 Å². The molecule has 1 spiro atoms. The molecule has 0 aromatic carbocycles. The quantitative estimate of drug-likeness (QED) is 0.781. The number of ether oxygens (including phenoxy) is 1. The molecule has 3 aliphatic rings. The predicted octanol–water partition coefficient (Wildman–Crippen LogP) is 2.57. The highest BCUT2D eigenvalue weighted by molar-refractivity contribution is 5.10. The van der Waals surface area contributed by atoms with E-state index >= 15 is 0 Å². The Hall–Kier alpha value is -0.0800. The third-order valence-electron chi connectivity index (χ3n) is 5.78. The second-order valence-electron chi connectivity index (χ2n) is 6.45. The zero-order chi connectivity index (χ0) is 11.2. The van der Waals surface area contributed by atoms with Crippen LogP contribution in [-0.2, 0) is 4.74 Å². The molecule has 2 bridgehead atoms. The van der Waals surface area contributed by atoms with Gasteiger partial charge in [-0.25, -0.2) is 0 Å². The maximum absolute atomic E-state index is 6.55. The summed E-state index contributed by atoms with van der Waals surface area (Å²) in [5.41, 5.74) is 7.07. The Labute approximate surface area is 98.9 Å². The van der Waals surface area contributed by atoms with Gasteiger partial charge in [-0.2, -0.15) is 0 Å². The van der Waals surface area contributed by atoms with Gasteiger partial charge in [-0.1, -0.05) is 6.42 Å². The molecule has 3 rings (SSSR count). The van der Waals surface area contributed by atoms with Crippen LogP contribution in [-0.4, -0.2) is 19.8 Å². The highest BCUT2D eigenvalue weighted by Crippen LogP contribution is 2.61. The monoisotopic (exact) mass is 223 g/mol. The van der Waals surface area contributed by atoms with Crippen molar-refractivity contribution in [1.29, 1.82) is 0 Å². The summed E-state index contributed by atoms with van der Waals surface area (Å²) in [6, 6.07) is 0.505. The average molecular weight is 223 g/mol. The Balaban J connectivity index is 1.77. The normalized spacial score (nSPS) is 51.4. The molecule has 2 nitrogen and oxygen atoms in total. The molecule has 0 radical (unpaired) electrons. The Morgan fingerprint density at radius 3 is 2.88 bits per heavy atom. The van der Waals surface area contributed by atoms with E-state index in [0.29, 0.717) is 11.5 Å². The summed E-state index contributed by atoms with van der Waals surface area (Å²) in [6.45, 7) is 0.950.